The van der Waals surface area contributed by atoms with Crippen LogP contribution in [0.15, 0.2) is 48.5 Å². The summed E-state index contributed by atoms with van der Waals surface area (Å²) in [5, 5.41) is 5.83. The molecule has 0 bridgehead atoms. The Hall–Kier alpha value is -2.82. The van der Waals surface area contributed by atoms with Crippen molar-refractivity contribution in [3.63, 3.8) is 0 Å². The lowest BCUT2D eigenvalue weighted by atomic mass is 10.1. The highest BCUT2D eigenvalue weighted by Gasteiger charge is 2.24. The molecule has 0 saturated heterocycles. The standard InChI is InChI=1S/C23H28N2O3/c1-16-6-5-9-21(14-16)28-20-12-10-19(11-13-20)25-22(26)15-17(2)24-23(27)18-7-3-4-8-18/h5-6,9-14,17-18H,3-4,7-8,15H2,1-2H3,(H,24,27)(H,25,26). The summed E-state index contributed by atoms with van der Waals surface area (Å²) in [5.41, 5.74) is 1.84. The summed E-state index contributed by atoms with van der Waals surface area (Å²) >= 11 is 0. The number of anilines is 1. The largest absolute Gasteiger partial charge is 0.457 e. The molecule has 5 nitrogen and oxygen atoms in total. The maximum absolute atomic E-state index is 12.2. The molecule has 0 aromatic heterocycles. The molecule has 5 heteroatoms. The smallest absolute Gasteiger partial charge is 0.226 e. The summed E-state index contributed by atoms with van der Waals surface area (Å²) < 4.78 is 5.82. The van der Waals surface area contributed by atoms with Gasteiger partial charge in [0.2, 0.25) is 11.8 Å². The molecule has 1 atom stereocenters. The van der Waals surface area contributed by atoms with E-state index in [1.165, 1.54) is 0 Å². The number of hydrogen-bond acceptors (Lipinski definition) is 3. The van der Waals surface area contributed by atoms with E-state index in [1.54, 1.807) is 0 Å². The predicted molar refractivity (Wildman–Crippen MR) is 111 cm³/mol. The monoisotopic (exact) mass is 380 g/mol. The Morgan fingerprint density at radius 1 is 1.07 bits per heavy atom. The van der Waals surface area contributed by atoms with Crippen LogP contribution in [0.3, 0.4) is 0 Å². The molecule has 0 aliphatic heterocycles. The molecule has 1 unspecified atom stereocenters. The van der Waals surface area contributed by atoms with E-state index in [9.17, 15) is 9.59 Å². The van der Waals surface area contributed by atoms with E-state index in [2.05, 4.69) is 10.6 Å². The van der Waals surface area contributed by atoms with Crippen LogP contribution in [0.1, 0.15) is 44.6 Å². The quantitative estimate of drug-likeness (QED) is 0.724. The number of ether oxygens (including phenoxy) is 1. The van der Waals surface area contributed by atoms with Crippen molar-refractivity contribution in [1.29, 1.82) is 0 Å². The van der Waals surface area contributed by atoms with Gasteiger partial charge < -0.3 is 15.4 Å². The number of aryl methyl sites for hydroxylation is 1. The van der Waals surface area contributed by atoms with Crippen LogP contribution >= 0.6 is 0 Å². The van der Waals surface area contributed by atoms with Crippen molar-refractivity contribution >= 4 is 17.5 Å². The van der Waals surface area contributed by atoms with Gasteiger partial charge in [-0.3, -0.25) is 9.59 Å². The molecular weight excluding hydrogens is 352 g/mol. The Morgan fingerprint density at radius 3 is 2.46 bits per heavy atom. The second-order valence-corrected chi connectivity index (χ2v) is 7.59. The predicted octanol–water partition coefficient (Wildman–Crippen LogP) is 4.81. The van der Waals surface area contributed by atoms with E-state index in [1.807, 2.05) is 62.4 Å². The average molecular weight is 380 g/mol. The number of amides is 2. The molecule has 2 amide bonds. The zero-order valence-electron chi connectivity index (χ0n) is 16.5. The van der Waals surface area contributed by atoms with Crippen molar-refractivity contribution in [2.75, 3.05) is 5.32 Å². The van der Waals surface area contributed by atoms with Gasteiger partial charge in [-0.15, -0.1) is 0 Å². The fourth-order valence-electron chi connectivity index (χ4n) is 3.51. The van der Waals surface area contributed by atoms with Gasteiger partial charge in [-0.05, 0) is 68.7 Å². The van der Waals surface area contributed by atoms with Gasteiger partial charge in [0.05, 0.1) is 0 Å². The van der Waals surface area contributed by atoms with Crippen molar-refractivity contribution < 1.29 is 14.3 Å². The average Bonchev–Trinajstić information content (AvgIpc) is 3.18. The minimum atomic E-state index is -0.183. The van der Waals surface area contributed by atoms with Crippen LogP contribution in [0.4, 0.5) is 5.69 Å². The van der Waals surface area contributed by atoms with Crippen LogP contribution in [-0.4, -0.2) is 17.9 Å². The molecule has 148 valence electrons. The third kappa shape index (κ3) is 5.84. The Balaban J connectivity index is 1.46. The number of benzene rings is 2. The first kappa shape index (κ1) is 19.9. The lowest BCUT2D eigenvalue weighted by Gasteiger charge is -2.17. The maximum atomic E-state index is 12.2. The number of rotatable bonds is 7. The molecule has 1 aliphatic carbocycles. The number of carbonyl (C=O) groups is 2. The summed E-state index contributed by atoms with van der Waals surface area (Å²) in [7, 11) is 0. The van der Waals surface area contributed by atoms with Crippen LogP contribution in [0.25, 0.3) is 0 Å². The molecule has 1 fully saturated rings. The van der Waals surface area contributed by atoms with Crippen molar-refractivity contribution in [3.05, 3.63) is 54.1 Å². The highest BCUT2D eigenvalue weighted by atomic mass is 16.5. The van der Waals surface area contributed by atoms with Gasteiger partial charge in [-0.2, -0.15) is 0 Å². The van der Waals surface area contributed by atoms with E-state index < -0.39 is 0 Å². The molecule has 1 saturated carbocycles. The van der Waals surface area contributed by atoms with Gasteiger partial charge in [0.25, 0.3) is 0 Å². The van der Waals surface area contributed by atoms with Gasteiger partial charge in [0, 0.05) is 24.1 Å². The number of carbonyl (C=O) groups excluding carboxylic acids is 2. The van der Waals surface area contributed by atoms with Crippen LogP contribution < -0.4 is 15.4 Å². The lowest BCUT2D eigenvalue weighted by Crippen LogP contribution is -2.38. The van der Waals surface area contributed by atoms with Crippen LogP contribution in [0.5, 0.6) is 11.5 Å². The fraction of sp³-hybridized carbons (Fsp3) is 0.391. The first-order chi connectivity index (χ1) is 13.5. The molecule has 0 heterocycles. The van der Waals surface area contributed by atoms with E-state index in [0.29, 0.717) is 11.4 Å². The summed E-state index contributed by atoms with van der Waals surface area (Å²) in [6.45, 7) is 3.88. The molecular formula is C23H28N2O3. The van der Waals surface area contributed by atoms with Gasteiger partial charge in [-0.1, -0.05) is 25.0 Å². The van der Waals surface area contributed by atoms with E-state index in [4.69, 9.17) is 4.74 Å². The summed E-state index contributed by atoms with van der Waals surface area (Å²) in [6.07, 6.45) is 4.41. The summed E-state index contributed by atoms with van der Waals surface area (Å²) in [6, 6.07) is 14.9. The van der Waals surface area contributed by atoms with E-state index in [0.717, 1.165) is 37.0 Å². The fourth-order valence-corrected chi connectivity index (χ4v) is 3.51. The molecule has 28 heavy (non-hydrogen) atoms. The first-order valence-electron chi connectivity index (χ1n) is 9.94. The Morgan fingerprint density at radius 2 is 1.79 bits per heavy atom. The third-order valence-electron chi connectivity index (χ3n) is 4.97. The highest BCUT2D eigenvalue weighted by molar-refractivity contribution is 5.91. The molecule has 2 aromatic carbocycles. The van der Waals surface area contributed by atoms with Crippen molar-refractivity contribution in [2.45, 2.75) is 52.0 Å². The van der Waals surface area contributed by atoms with E-state index >= 15 is 0 Å². The topological polar surface area (TPSA) is 67.4 Å². The Bertz CT molecular complexity index is 811. The van der Waals surface area contributed by atoms with Crippen LogP contribution in [0, 0.1) is 12.8 Å². The summed E-state index contributed by atoms with van der Waals surface area (Å²) in [5.74, 6) is 1.57. The molecule has 1 aliphatic rings. The number of nitrogens with one attached hydrogen (secondary N) is 2. The van der Waals surface area contributed by atoms with Gasteiger partial charge >= 0.3 is 0 Å². The van der Waals surface area contributed by atoms with Crippen molar-refractivity contribution in [1.82, 2.24) is 5.32 Å². The molecule has 3 rings (SSSR count). The van der Waals surface area contributed by atoms with Gasteiger partial charge in [-0.25, -0.2) is 0 Å². The first-order valence-corrected chi connectivity index (χ1v) is 9.94. The molecule has 0 spiro atoms. The minimum Gasteiger partial charge on any atom is -0.457 e. The van der Waals surface area contributed by atoms with Gasteiger partial charge in [0.15, 0.2) is 0 Å². The molecule has 0 radical (unpaired) electrons. The van der Waals surface area contributed by atoms with Crippen LogP contribution in [0.2, 0.25) is 0 Å². The van der Waals surface area contributed by atoms with Gasteiger partial charge in [0.1, 0.15) is 11.5 Å². The zero-order valence-corrected chi connectivity index (χ0v) is 16.5. The van der Waals surface area contributed by atoms with Crippen molar-refractivity contribution in [3.8, 4) is 11.5 Å². The van der Waals surface area contributed by atoms with E-state index in [-0.39, 0.29) is 30.2 Å². The Labute approximate surface area is 166 Å². The summed E-state index contributed by atoms with van der Waals surface area (Å²) in [4.78, 5) is 24.4. The lowest BCUT2D eigenvalue weighted by molar-refractivity contribution is -0.125. The SMILES string of the molecule is Cc1cccc(Oc2ccc(NC(=O)CC(C)NC(=O)C3CCCC3)cc2)c1. The third-order valence-corrected chi connectivity index (χ3v) is 4.97. The molecule has 2 aromatic rings. The van der Waals surface area contributed by atoms with Crippen molar-refractivity contribution in [2.24, 2.45) is 5.92 Å². The van der Waals surface area contributed by atoms with Crippen LogP contribution in [-0.2, 0) is 9.59 Å². The second-order valence-electron chi connectivity index (χ2n) is 7.59. The Kier molecular flexibility index (Phi) is 6.69. The normalized spacial score (nSPS) is 15.1. The number of hydrogen-bond donors (Lipinski definition) is 2. The zero-order chi connectivity index (χ0) is 19.9. The molecule has 2 N–H and O–H groups in total. The second kappa shape index (κ2) is 9.40. The minimum absolute atomic E-state index is 0.0791. The highest BCUT2D eigenvalue weighted by Crippen LogP contribution is 2.25. The maximum Gasteiger partial charge on any atom is 0.226 e.